The van der Waals surface area contributed by atoms with E-state index in [1.54, 1.807) is 26.4 Å². The van der Waals surface area contributed by atoms with Gasteiger partial charge >= 0.3 is 0 Å². The van der Waals surface area contributed by atoms with E-state index in [1.807, 2.05) is 6.07 Å². The first kappa shape index (κ1) is 10.7. The maximum Gasteiger partial charge on any atom is 0.132 e. The second-order valence-corrected chi connectivity index (χ2v) is 4.04. The van der Waals surface area contributed by atoms with Crippen LogP contribution in [0, 0.1) is 0 Å². The molecular weight excluding hydrogens is 208 g/mol. The monoisotopic (exact) mass is 218 g/mol. The Kier molecular flexibility index (Phi) is 4.44. The molecule has 0 heterocycles. The largest absolute Gasteiger partial charge is 0.507 e. The Morgan fingerprint density at radius 1 is 1.15 bits per heavy atom. The van der Waals surface area contributed by atoms with Gasteiger partial charge in [0.2, 0.25) is 0 Å². The summed E-state index contributed by atoms with van der Waals surface area (Å²) < 4.78 is 9.68. The summed E-state index contributed by atoms with van der Waals surface area (Å²) in [4.78, 5) is 1.56. The van der Waals surface area contributed by atoms with Crippen molar-refractivity contribution in [3.63, 3.8) is 0 Å². The van der Waals surface area contributed by atoms with Gasteiger partial charge < -0.3 is 13.5 Å². The summed E-state index contributed by atoms with van der Waals surface area (Å²) in [5.74, 6) is 0.203. The summed E-state index contributed by atoms with van der Waals surface area (Å²) in [5, 5.41) is 9.48. The molecule has 0 unspecified atom stereocenters. The third kappa shape index (κ3) is 3.11. The molecule has 5 heteroatoms. The lowest BCUT2D eigenvalue weighted by molar-refractivity contribution is 0.451. The molecule has 0 radical (unpaired) electrons. The van der Waals surface area contributed by atoms with Gasteiger partial charge in [0.1, 0.15) is 5.75 Å². The van der Waals surface area contributed by atoms with Crippen LogP contribution in [0.25, 0.3) is 0 Å². The number of phenols is 1. The first-order chi connectivity index (χ1) is 6.27. The van der Waals surface area contributed by atoms with E-state index in [0.29, 0.717) is 4.90 Å². The normalized spacial score (nSPS) is 10.3. The van der Waals surface area contributed by atoms with Gasteiger partial charge in [0.05, 0.1) is 19.1 Å². The molecule has 0 aliphatic carbocycles. The second-order valence-electron chi connectivity index (χ2n) is 2.13. The number of aromatic hydroxyl groups is 1. The number of rotatable bonds is 4. The van der Waals surface area contributed by atoms with Crippen molar-refractivity contribution < 1.29 is 13.5 Å². The van der Waals surface area contributed by atoms with Crippen LogP contribution < -0.4 is 0 Å². The third-order valence-corrected chi connectivity index (χ3v) is 2.59. The average Bonchev–Trinajstić information content (AvgIpc) is 2.10. The maximum atomic E-state index is 9.48. The molecule has 1 N–H and O–H groups in total. The van der Waals surface area contributed by atoms with Gasteiger partial charge in [-0.1, -0.05) is 0 Å². The van der Waals surface area contributed by atoms with Crippen molar-refractivity contribution >= 4 is 24.1 Å². The van der Waals surface area contributed by atoms with Gasteiger partial charge in [-0.3, -0.25) is 0 Å². The van der Waals surface area contributed by atoms with E-state index in [1.165, 1.54) is 12.0 Å². The highest BCUT2D eigenvalue weighted by Crippen LogP contribution is 2.32. The fraction of sp³-hybridized carbons (Fsp3) is 0.250. The minimum Gasteiger partial charge on any atom is -0.507 e. The summed E-state index contributed by atoms with van der Waals surface area (Å²) in [7, 11) is 3.14. The van der Waals surface area contributed by atoms with E-state index < -0.39 is 0 Å². The van der Waals surface area contributed by atoms with Crippen molar-refractivity contribution in [3.05, 3.63) is 18.2 Å². The number of benzene rings is 1. The SMILES string of the molecule is COSc1ccc(SOC)c(O)c1. The maximum absolute atomic E-state index is 9.48. The van der Waals surface area contributed by atoms with Crippen LogP contribution >= 0.6 is 24.1 Å². The molecular formula is C8H10O3S2. The van der Waals surface area contributed by atoms with Crippen LogP contribution in [0.1, 0.15) is 0 Å². The van der Waals surface area contributed by atoms with Gasteiger partial charge in [0.15, 0.2) is 0 Å². The van der Waals surface area contributed by atoms with Crippen molar-refractivity contribution in [1.82, 2.24) is 0 Å². The van der Waals surface area contributed by atoms with Crippen molar-refractivity contribution in [2.75, 3.05) is 14.2 Å². The Morgan fingerprint density at radius 2 is 1.85 bits per heavy atom. The number of hydrogen-bond acceptors (Lipinski definition) is 5. The predicted molar refractivity (Wildman–Crippen MR) is 53.8 cm³/mol. The van der Waals surface area contributed by atoms with E-state index >= 15 is 0 Å². The lowest BCUT2D eigenvalue weighted by Gasteiger charge is -2.03. The minimum atomic E-state index is 0.203. The molecule has 0 atom stereocenters. The Bertz CT molecular complexity index is 278. The zero-order chi connectivity index (χ0) is 9.68. The molecule has 1 aromatic rings. The first-order valence-electron chi connectivity index (χ1n) is 3.52. The molecule has 0 bridgehead atoms. The lowest BCUT2D eigenvalue weighted by Crippen LogP contribution is -1.77. The molecule has 0 aliphatic rings. The summed E-state index contributed by atoms with van der Waals surface area (Å²) in [5.41, 5.74) is 0. The van der Waals surface area contributed by atoms with Crippen molar-refractivity contribution in [3.8, 4) is 5.75 Å². The molecule has 1 aromatic carbocycles. The quantitative estimate of drug-likeness (QED) is 0.787. The van der Waals surface area contributed by atoms with Gasteiger partial charge in [-0.2, -0.15) is 0 Å². The van der Waals surface area contributed by atoms with Crippen LogP contribution in [0.5, 0.6) is 5.75 Å². The van der Waals surface area contributed by atoms with E-state index in [-0.39, 0.29) is 5.75 Å². The van der Waals surface area contributed by atoms with Crippen LogP contribution in [0.15, 0.2) is 28.0 Å². The zero-order valence-corrected chi connectivity index (χ0v) is 8.95. The van der Waals surface area contributed by atoms with Gasteiger partial charge in [0.25, 0.3) is 0 Å². The highest BCUT2D eigenvalue weighted by atomic mass is 32.2. The van der Waals surface area contributed by atoms with E-state index in [9.17, 15) is 5.11 Å². The molecule has 13 heavy (non-hydrogen) atoms. The first-order valence-corrected chi connectivity index (χ1v) is 5.00. The molecule has 0 aliphatic heterocycles. The highest BCUT2D eigenvalue weighted by molar-refractivity contribution is 7.95. The Morgan fingerprint density at radius 3 is 2.38 bits per heavy atom. The summed E-state index contributed by atoms with van der Waals surface area (Å²) in [6.07, 6.45) is 0. The van der Waals surface area contributed by atoms with Crippen molar-refractivity contribution in [2.24, 2.45) is 0 Å². The average molecular weight is 218 g/mol. The van der Waals surface area contributed by atoms with Crippen LogP contribution in [0.4, 0.5) is 0 Å². The standard InChI is InChI=1S/C8H10O3S2/c1-10-12-6-3-4-8(13-11-2)7(9)5-6/h3-5,9H,1-2H3. The van der Waals surface area contributed by atoms with Gasteiger partial charge in [-0.15, -0.1) is 0 Å². The Hall–Kier alpha value is -0.360. The Balaban J connectivity index is 2.79. The molecule has 0 aromatic heterocycles. The molecule has 3 nitrogen and oxygen atoms in total. The zero-order valence-electron chi connectivity index (χ0n) is 7.31. The summed E-state index contributed by atoms with van der Waals surface area (Å²) in [6, 6.07) is 5.27. The molecule has 72 valence electrons. The molecule has 0 spiro atoms. The van der Waals surface area contributed by atoms with E-state index in [4.69, 9.17) is 8.37 Å². The minimum absolute atomic E-state index is 0.203. The van der Waals surface area contributed by atoms with Crippen molar-refractivity contribution in [1.29, 1.82) is 0 Å². The smallest absolute Gasteiger partial charge is 0.132 e. The van der Waals surface area contributed by atoms with Gasteiger partial charge in [0, 0.05) is 29.0 Å². The summed E-state index contributed by atoms with van der Waals surface area (Å²) >= 11 is 2.33. The molecule has 0 fully saturated rings. The summed E-state index contributed by atoms with van der Waals surface area (Å²) in [6.45, 7) is 0. The molecule has 1 rings (SSSR count). The topological polar surface area (TPSA) is 38.7 Å². The number of phenolic OH excluding ortho intramolecular Hbond substituents is 1. The fourth-order valence-corrected chi connectivity index (χ4v) is 1.73. The molecule has 0 saturated carbocycles. The van der Waals surface area contributed by atoms with E-state index in [2.05, 4.69) is 0 Å². The highest BCUT2D eigenvalue weighted by Gasteiger charge is 2.03. The predicted octanol–water partition coefficient (Wildman–Crippen LogP) is 2.70. The molecule has 0 saturated heterocycles. The number of hydrogen-bond donors (Lipinski definition) is 1. The van der Waals surface area contributed by atoms with Gasteiger partial charge in [-0.25, -0.2) is 0 Å². The second kappa shape index (κ2) is 5.39. The molecule has 0 amide bonds. The van der Waals surface area contributed by atoms with Crippen LogP contribution in [-0.2, 0) is 8.37 Å². The van der Waals surface area contributed by atoms with Gasteiger partial charge in [-0.05, 0) is 18.2 Å². The van der Waals surface area contributed by atoms with Crippen LogP contribution in [0.2, 0.25) is 0 Å². The fourth-order valence-electron chi connectivity index (χ4n) is 0.805. The third-order valence-electron chi connectivity index (χ3n) is 1.28. The van der Waals surface area contributed by atoms with Crippen LogP contribution in [-0.4, -0.2) is 19.3 Å². The lowest BCUT2D eigenvalue weighted by atomic mass is 10.3. The van der Waals surface area contributed by atoms with Crippen LogP contribution in [0.3, 0.4) is 0 Å². The van der Waals surface area contributed by atoms with E-state index in [0.717, 1.165) is 16.9 Å². The van der Waals surface area contributed by atoms with Crippen molar-refractivity contribution in [2.45, 2.75) is 9.79 Å². The Labute approximate surface area is 85.8 Å².